The summed E-state index contributed by atoms with van der Waals surface area (Å²) < 4.78 is 26.2. The van der Waals surface area contributed by atoms with E-state index in [0.717, 1.165) is 47.9 Å². The Balaban J connectivity index is 1.58. The molecule has 1 aromatic heterocycles. The second kappa shape index (κ2) is 11.4. The van der Waals surface area contributed by atoms with Crippen molar-refractivity contribution in [3.8, 4) is 11.1 Å². The molecule has 1 aliphatic carbocycles. The Morgan fingerprint density at radius 3 is 2.42 bits per heavy atom. The zero-order chi connectivity index (χ0) is 25.7. The molecule has 36 heavy (non-hydrogen) atoms. The molecular weight excluding hydrogens is 462 g/mol. The molecule has 5 nitrogen and oxygen atoms in total. The van der Waals surface area contributed by atoms with Gasteiger partial charge in [-0.25, -0.2) is 8.78 Å². The molecule has 0 unspecified atom stereocenters. The molecule has 0 aliphatic heterocycles. The van der Waals surface area contributed by atoms with Crippen molar-refractivity contribution < 1.29 is 23.5 Å². The molecule has 2 aromatic carbocycles. The number of carboxylic acids is 1. The van der Waals surface area contributed by atoms with Crippen molar-refractivity contribution in [2.24, 2.45) is 5.92 Å². The summed E-state index contributed by atoms with van der Waals surface area (Å²) in [4.78, 5) is 28.5. The number of hydrogen-bond acceptors (Lipinski definition) is 3. The van der Waals surface area contributed by atoms with Gasteiger partial charge in [0.15, 0.2) is 0 Å². The van der Waals surface area contributed by atoms with Crippen LogP contribution in [-0.2, 0) is 16.0 Å². The first-order valence-electron chi connectivity index (χ1n) is 12.3. The van der Waals surface area contributed by atoms with Crippen LogP contribution in [0, 0.1) is 12.8 Å². The summed E-state index contributed by atoms with van der Waals surface area (Å²) in [7, 11) is 0. The van der Waals surface area contributed by atoms with E-state index in [1.165, 1.54) is 12.3 Å². The molecule has 1 aliphatic rings. The second-order valence-electron chi connectivity index (χ2n) is 9.42. The van der Waals surface area contributed by atoms with Gasteiger partial charge in [0.2, 0.25) is 5.91 Å². The summed E-state index contributed by atoms with van der Waals surface area (Å²) in [5, 5.41) is 12.1. The first-order valence-corrected chi connectivity index (χ1v) is 12.3. The third kappa shape index (κ3) is 5.96. The number of carbonyl (C=O) groups excluding carboxylic acids is 1. The molecule has 0 radical (unpaired) electrons. The molecule has 2 N–H and O–H groups in total. The summed E-state index contributed by atoms with van der Waals surface area (Å²) in [5.74, 6) is -1.07. The van der Waals surface area contributed by atoms with Crippen LogP contribution in [0.25, 0.3) is 11.1 Å². The van der Waals surface area contributed by atoms with E-state index in [9.17, 15) is 18.4 Å². The van der Waals surface area contributed by atoms with Crippen molar-refractivity contribution in [1.82, 2.24) is 4.98 Å². The summed E-state index contributed by atoms with van der Waals surface area (Å²) in [5.41, 5.74) is 4.60. The molecule has 0 spiro atoms. The van der Waals surface area contributed by atoms with Crippen molar-refractivity contribution in [3.05, 3.63) is 83.2 Å². The Morgan fingerprint density at radius 1 is 1.03 bits per heavy atom. The fraction of sp³-hybridized carbons (Fsp3) is 0.345. The lowest BCUT2D eigenvalue weighted by Crippen LogP contribution is -2.27. The van der Waals surface area contributed by atoms with Crippen molar-refractivity contribution in [3.63, 3.8) is 0 Å². The topological polar surface area (TPSA) is 79.3 Å². The quantitative estimate of drug-likeness (QED) is 0.340. The number of rotatable bonds is 9. The summed E-state index contributed by atoms with van der Waals surface area (Å²) in [6.45, 7) is 1.90. The van der Waals surface area contributed by atoms with Crippen LogP contribution in [0.1, 0.15) is 66.7 Å². The van der Waals surface area contributed by atoms with E-state index >= 15 is 0 Å². The number of carbonyl (C=O) groups is 2. The molecule has 1 saturated carbocycles. The third-order valence-corrected chi connectivity index (χ3v) is 7.08. The number of aryl methyl sites for hydroxylation is 1. The van der Waals surface area contributed by atoms with E-state index in [1.54, 1.807) is 6.20 Å². The van der Waals surface area contributed by atoms with E-state index in [0.29, 0.717) is 17.7 Å². The maximum Gasteiger partial charge on any atom is 0.303 e. The van der Waals surface area contributed by atoms with Gasteiger partial charge >= 0.3 is 5.97 Å². The molecule has 1 amide bonds. The van der Waals surface area contributed by atoms with Gasteiger partial charge < -0.3 is 10.4 Å². The van der Waals surface area contributed by atoms with Gasteiger partial charge in [0.25, 0.3) is 6.43 Å². The molecular formula is C29H30F2N2O3. The van der Waals surface area contributed by atoms with Crippen LogP contribution in [0.15, 0.2) is 60.9 Å². The number of anilines is 1. The number of alkyl halides is 2. The minimum absolute atomic E-state index is 0.0328. The van der Waals surface area contributed by atoms with Crippen LogP contribution in [0.3, 0.4) is 0 Å². The van der Waals surface area contributed by atoms with Crippen LogP contribution < -0.4 is 5.32 Å². The highest BCUT2D eigenvalue weighted by molar-refractivity contribution is 5.97. The predicted molar refractivity (Wildman–Crippen MR) is 135 cm³/mol. The first-order chi connectivity index (χ1) is 17.3. The smallest absolute Gasteiger partial charge is 0.303 e. The third-order valence-electron chi connectivity index (χ3n) is 7.08. The first kappa shape index (κ1) is 25.5. The molecule has 4 rings (SSSR count). The lowest BCUT2D eigenvalue weighted by Gasteiger charge is -2.24. The highest BCUT2D eigenvalue weighted by Gasteiger charge is 2.32. The van der Waals surface area contributed by atoms with Gasteiger partial charge in [-0.05, 0) is 66.5 Å². The number of benzene rings is 2. The molecule has 1 atom stereocenters. The molecule has 7 heteroatoms. The summed E-state index contributed by atoms with van der Waals surface area (Å²) in [6.07, 6.45) is 4.69. The number of halogens is 2. The molecule has 1 fully saturated rings. The Kier molecular flexibility index (Phi) is 8.08. The van der Waals surface area contributed by atoms with Crippen LogP contribution in [-0.4, -0.2) is 22.0 Å². The van der Waals surface area contributed by atoms with E-state index in [1.807, 2.05) is 49.4 Å². The van der Waals surface area contributed by atoms with Gasteiger partial charge in [0, 0.05) is 35.6 Å². The van der Waals surface area contributed by atoms with E-state index in [2.05, 4.69) is 10.3 Å². The van der Waals surface area contributed by atoms with Gasteiger partial charge in [-0.3, -0.25) is 14.6 Å². The standard InChI is InChI=1S/C29H30F2N2O3/c1-18-19(13-14-26(34)35)7-4-8-25(18)33-29(36)27(21-5-2-3-6-21)22-11-9-20(10-12-22)23-15-24(28(30)31)17-32-16-23/h4,7-12,15-17,21,27-28H,2-3,5-6,13-14H2,1H3,(H,33,36)(H,34,35)/t27-/m1/s1. The average Bonchev–Trinajstić information content (AvgIpc) is 3.39. The number of nitrogens with zero attached hydrogens (tertiary/aromatic N) is 1. The van der Waals surface area contributed by atoms with Gasteiger partial charge in [-0.15, -0.1) is 0 Å². The molecule has 3 aromatic rings. The van der Waals surface area contributed by atoms with Crippen LogP contribution in [0.2, 0.25) is 0 Å². The van der Waals surface area contributed by atoms with Crippen molar-refractivity contribution in [1.29, 1.82) is 0 Å². The van der Waals surface area contributed by atoms with E-state index < -0.39 is 12.4 Å². The SMILES string of the molecule is Cc1c(CCC(=O)O)cccc1NC(=O)[C@@H](c1ccc(-c2cncc(C(F)F)c2)cc1)C1CCCC1. The normalized spacial score (nSPS) is 14.7. The summed E-state index contributed by atoms with van der Waals surface area (Å²) >= 11 is 0. The second-order valence-corrected chi connectivity index (χ2v) is 9.42. The lowest BCUT2D eigenvalue weighted by atomic mass is 9.83. The molecule has 1 heterocycles. The molecule has 188 valence electrons. The molecule has 0 saturated heterocycles. The van der Waals surface area contributed by atoms with Crippen LogP contribution in [0.5, 0.6) is 0 Å². The Morgan fingerprint density at radius 2 is 1.75 bits per heavy atom. The zero-order valence-corrected chi connectivity index (χ0v) is 20.2. The number of carboxylic acid groups (broad SMARTS) is 1. The predicted octanol–water partition coefficient (Wildman–Crippen LogP) is 6.92. The average molecular weight is 493 g/mol. The Labute approximate surface area is 209 Å². The Hall–Kier alpha value is -3.61. The highest BCUT2D eigenvalue weighted by Crippen LogP contribution is 2.39. The van der Waals surface area contributed by atoms with Crippen molar-refractivity contribution in [2.75, 3.05) is 5.32 Å². The fourth-order valence-electron chi connectivity index (χ4n) is 5.09. The number of hydrogen-bond donors (Lipinski definition) is 2. The van der Waals surface area contributed by atoms with Gasteiger partial charge in [0.1, 0.15) is 0 Å². The monoisotopic (exact) mass is 492 g/mol. The van der Waals surface area contributed by atoms with Gasteiger partial charge in [-0.2, -0.15) is 0 Å². The number of amides is 1. The van der Waals surface area contributed by atoms with Gasteiger partial charge in [-0.1, -0.05) is 49.2 Å². The summed E-state index contributed by atoms with van der Waals surface area (Å²) in [6, 6.07) is 14.5. The number of nitrogens with one attached hydrogen (secondary N) is 1. The highest BCUT2D eigenvalue weighted by atomic mass is 19.3. The minimum Gasteiger partial charge on any atom is -0.481 e. The van der Waals surface area contributed by atoms with E-state index in [4.69, 9.17) is 5.11 Å². The van der Waals surface area contributed by atoms with Crippen LogP contribution >= 0.6 is 0 Å². The molecule has 0 bridgehead atoms. The minimum atomic E-state index is -2.58. The van der Waals surface area contributed by atoms with Gasteiger partial charge in [0.05, 0.1) is 5.92 Å². The lowest BCUT2D eigenvalue weighted by molar-refractivity contribution is -0.137. The van der Waals surface area contributed by atoms with Crippen molar-refractivity contribution >= 4 is 17.6 Å². The number of aliphatic carboxylic acids is 1. The van der Waals surface area contributed by atoms with Crippen molar-refractivity contribution in [2.45, 2.75) is 57.8 Å². The maximum absolute atomic E-state index is 13.6. The number of pyridine rings is 1. The Bertz CT molecular complexity index is 1220. The van der Waals surface area contributed by atoms with Crippen LogP contribution in [0.4, 0.5) is 14.5 Å². The van der Waals surface area contributed by atoms with E-state index in [-0.39, 0.29) is 29.7 Å². The fourth-order valence-corrected chi connectivity index (χ4v) is 5.09. The largest absolute Gasteiger partial charge is 0.481 e. The maximum atomic E-state index is 13.6. The zero-order valence-electron chi connectivity index (χ0n) is 20.2. The number of aromatic nitrogens is 1.